The molecule has 0 N–H and O–H groups in total. The highest BCUT2D eigenvalue weighted by Gasteiger charge is 2.30. The number of benzene rings is 1. The second-order valence-electron chi connectivity index (χ2n) is 9.03. The highest BCUT2D eigenvalue weighted by atomic mass is 32.2. The lowest BCUT2D eigenvalue weighted by Crippen LogP contribution is -2.22. The Bertz CT molecular complexity index is 1410. The molecule has 1 aromatic carbocycles. The normalized spacial score (nSPS) is 12.5. The van der Waals surface area contributed by atoms with Gasteiger partial charge >= 0.3 is 35.8 Å². The van der Waals surface area contributed by atoms with E-state index in [4.69, 9.17) is 28.4 Å². The lowest BCUT2D eigenvalue weighted by Gasteiger charge is -2.13. The van der Waals surface area contributed by atoms with Gasteiger partial charge in [-0.1, -0.05) is 36.7 Å². The van der Waals surface area contributed by atoms with Crippen molar-refractivity contribution in [3.63, 3.8) is 0 Å². The van der Waals surface area contributed by atoms with Crippen molar-refractivity contribution in [3.8, 4) is 23.6 Å². The average molecular weight is 673 g/mol. The van der Waals surface area contributed by atoms with Gasteiger partial charge in [0.25, 0.3) is 0 Å². The number of fused-ring (bicyclic) bond motifs is 1. The van der Waals surface area contributed by atoms with Gasteiger partial charge in [0.05, 0.1) is 39.7 Å². The summed E-state index contributed by atoms with van der Waals surface area (Å²) < 4.78 is 30.8. The Kier molecular flexibility index (Phi) is 15.1. The zero-order valence-corrected chi connectivity index (χ0v) is 26.4. The van der Waals surface area contributed by atoms with Crippen LogP contribution >= 0.6 is 23.5 Å². The smallest absolute Gasteiger partial charge is 0.330 e. The molecule has 0 spiro atoms. The Balaban J connectivity index is 2.03. The molecule has 0 aliphatic carbocycles. The molecule has 1 heterocycles. The van der Waals surface area contributed by atoms with Crippen molar-refractivity contribution in [1.29, 1.82) is 10.5 Å². The predicted octanol–water partition coefficient (Wildman–Crippen LogP) is 3.84. The second kappa shape index (κ2) is 18.7. The lowest BCUT2D eigenvalue weighted by molar-refractivity contribution is -0.155. The van der Waals surface area contributed by atoms with Crippen LogP contribution in [-0.2, 0) is 47.7 Å². The van der Waals surface area contributed by atoms with Gasteiger partial charge in [0.15, 0.2) is 0 Å². The zero-order valence-electron chi connectivity index (χ0n) is 24.7. The highest BCUT2D eigenvalue weighted by Crippen LogP contribution is 2.58. The van der Waals surface area contributed by atoms with Crippen LogP contribution in [0, 0.1) is 22.7 Å². The number of allylic oxidation sites excluding steroid dienone is 1. The van der Waals surface area contributed by atoms with Crippen molar-refractivity contribution in [2.45, 2.75) is 61.5 Å². The van der Waals surface area contributed by atoms with E-state index in [0.29, 0.717) is 0 Å². The third-order valence-corrected chi connectivity index (χ3v) is 7.92. The van der Waals surface area contributed by atoms with Crippen LogP contribution in [0.4, 0.5) is 0 Å². The van der Waals surface area contributed by atoms with Gasteiger partial charge in [-0.3, -0.25) is 19.2 Å². The maximum atomic E-state index is 12.5. The van der Waals surface area contributed by atoms with Crippen molar-refractivity contribution in [2.24, 2.45) is 0 Å². The Morgan fingerprint density at radius 2 is 1.09 bits per heavy atom. The molecule has 0 saturated carbocycles. The number of carbonyl (C=O) groups is 6. The minimum absolute atomic E-state index is 0.0238. The monoisotopic (exact) mass is 672 g/mol. The number of nitriles is 2. The van der Waals surface area contributed by atoms with Crippen LogP contribution in [0.25, 0.3) is 0 Å². The summed E-state index contributed by atoms with van der Waals surface area (Å²) in [5.74, 6) is -4.37. The Morgan fingerprint density at radius 3 is 1.43 bits per heavy atom. The molecule has 2 rings (SSSR count). The number of thioether (sulfide) groups is 2. The SMILES string of the molecule is C=CC(=O)OC(C)COC(=O)CCC(=O)Oc1ccc(OC(=O)CCC(=O)OCC(C)OC(=O)C=C)c2c1SC(=C(C#N)C#N)S2. The molecule has 2 atom stereocenters. The Hall–Kier alpha value is -5.06. The van der Waals surface area contributed by atoms with Crippen molar-refractivity contribution in [1.82, 2.24) is 0 Å². The molecule has 1 aromatic rings. The van der Waals surface area contributed by atoms with Gasteiger partial charge in [0.2, 0.25) is 0 Å². The molecule has 1 aliphatic heterocycles. The van der Waals surface area contributed by atoms with Gasteiger partial charge < -0.3 is 28.4 Å². The largest absolute Gasteiger partial charge is 0.462 e. The highest BCUT2D eigenvalue weighted by molar-refractivity contribution is 8.24. The van der Waals surface area contributed by atoms with E-state index in [1.807, 2.05) is 0 Å². The van der Waals surface area contributed by atoms with E-state index >= 15 is 0 Å². The molecule has 0 aromatic heterocycles. The summed E-state index contributed by atoms with van der Waals surface area (Å²) in [6.45, 7) is 9.10. The van der Waals surface area contributed by atoms with E-state index in [1.54, 1.807) is 12.1 Å². The molecule has 16 heteroatoms. The summed E-state index contributed by atoms with van der Waals surface area (Å²) in [7, 11) is 0. The van der Waals surface area contributed by atoms with Crippen LogP contribution in [0.1, 0.15) is 39.5 Å². The fraction of sp³-hybridized carbons (Fsp3) is 0.333. The fourth-order valence-corrected chi connectivity index (χ4v) is 5.67. The number of esters is 6. The standard InChI is InChI=1S/C30H28N2O12S2/c1-5-22(33)41-17(3)15-39-24(35)9-11-26(37)43-20-7-8-21(29-28(20)45-30(46-29)19(13-31)14-32)44-27(38)12-10-25(36)40-16-18(4)42-23(34)6-2/h5-8,17-18H,1-2,9-12,15-16H2,3-4H3. The topological polar surface area (TPSA) is 205 Å². The summed E-state index contributed by atoms with van der Waals surface area (Å²) in [6.07, 6.45) is -0.903. The quantitative estimate of drug-likeness (QED) is 0.0804. The van der Waals surface area contributed by atoms with Gasteiger partial charge in [-0.05, 0) is 26.0 Å². The molecule has 46 heavy (non-hydrogen) atoms. The maximum absolute atomic E-state index is 12.5. The first-order valence-corrected chi connectivity index (χ1v) is 15.0. The molecular weight excluding hydrogens is 644 g/mol. The van der Waals surface area contributed by atoms with E-state index in [2.05, 4.69) is 13.2 Å². The molecule has 0 saturated heterocycles. The summed E-state index contributed by atoms with van der Waals surface area (Å²) >= 11 is 1.90. The summed E-state index contributed by atoms with van der Waals surface area (Å²) in [4.78, 5) is 72.1. The van der Waals surface area contributed by atoms with E-state index < -0.39 is 48.0 Å². The third kappa shape index (κ3) is 12.1. The number of nitrogens with zero attached hydrogens (tertiary/aromatic N) is 2. The van der Waals surface area contributed by atoms with E-state index in [-0.39, 0.29) is 70.0 Å². The van der Waals surface area contributed by atoms with Gasteiger partial charge in [0, 0.05) is 12.2 Å². The summed E-state index contributed by atoms with van der Waals surface area (Å²) in [5, 5.41) is 18.7. The van der Waals surface area contributed by atoms with Crippen LogP contribution in [0.2, 0.25) is 0 Å². The molecular formula is C30H28N2O12S2. The van der Waals surface area contributed by atoms with Crippen LogP contribution in [0.5, 0.6) is 11.5 Å². The third-order valence-electron chi connectivity index (χ3n) is 5.30. The summed E-state index contributed by atoms with van der Waals surface area (Å²) in [6, 6.07) is 6.22. The van der Waals surface area contributed by atoms with Gasteiger partial charge in [-0.25, -0.2) is 9.59 Å². The van der Waals surface area contributed by atoms with Crippen LogP contribution in [0.3, 0.4) is 0 Å². The van der Waals surface area contributed by atoms with Crippen molar-refractivity contribution in [3.05, 3.63) is 47.3 Å². The van der Waals surface area contributed by atoms with Gasteiger partial charge in [0.1, 0.15) is 54.6 Å². The van der Waals surface area contributed by atoms with Crippen LogP contribution in [-0.4, -0.2) is 61.2 Å². The van der Waals surface area contributed by atoms with Crippen molar-refractivity contribution < 1.29 is 57.2 Å². The molecule has 0 fully saturated rings. The minimum Gasteiger partial charge on any atom is -0.462 e. The first-order chi connectivity index (χ1) is 21.9. The Morgan fingerprint density at radius 1 is 0.717 bits per heavy atom. The molecule has 0 bridgehead atoms. The Labute approximate surface area is 272 Å². The van der Waals surface area contributed by atoms with Crippen LogP contribution < -0.4 is 9.47 Å². The predicted molar refractivity (Wildman–Crippen MR) is 160 cm³/mol. The van der Waals surface area contributed by atoms with E-state index in [0.717, 1.165) is 35.7 Å². The van der Waals surface area contributed by atoms with Gasteiger partial charge in [-0.15, -0.1) is 0 Å². The van der Waals surface area contributed by atoms with Gasteiger partial charge in [-0.2, -0.15) is 10.5 Å². The summed E-state index contributed by atoms with van der Waals surface area (Å²) in [5.41, 5.74) is -0.216. The lowest BCUT2D eigenvalue weighted by atomic mass is 10.3. The fourth-order valence-electron chi connectivity index (χ4n) is 3.19. The average Bonchev–Trinajstić information content (AvgIpc) is 3.48. The zero-order chi connectivity index (χ0) is 34.2. The first kappa shape index (κ1) is 37.1. The molecule has 14 nitrogen and oxygen atoms in total. The first-order valence-electron chi connectivity index (χ1n) is 13.4. The molecule has 2 unspecified atom stereocenters. The second-order valence-corrected chi connectivity index (χ2v) is 11.3. The number of hydrogen-bond acceptors (Lipinski definition) is 16. The van der Waals surface area contributed by atoms with E-state index in [9.17, 15) is 39.3 Å². The number of rotatable bonds is 16. The van der Waals surface area contributed by atoms with E-state index in [1.165, 1.54) is 26.0 Å². The van der Waals surface area contributed by atoms with Crippen molar-refractivity contribution >= 4 is 59.3 Å². The van der Waals surface area contributed by atoms with Crippen molar-refractivity contribution in [2.75, 3.05) is 13.2 Å². The number of hydrogen-bond donors (Lipinski definition) is 0. The minimum atomic E-state index is -0.800. The number of ether oxygens (including phenoxy) is 6. The van der Waals surface area contributed by atoms with Crippen LogP contribution in [0.15, 0.2) is 57.0 Å². The molecule has 242 valence electrons. The molecule has 1 aliphatic rings. The molecule has 0 radical (unpaired) electrons. The maximum Gasteiger partial charge on any atom is 0.330 e. The number of carbonyl (C=O) groups excluding carboxylic acids is 6. The molecule has 0 amide bonds.